The van der Waals surface area contributed by atoms with E-state index in [9.17, 15) is 13.2 Å². The van der Waals surface area contributed by atoms with E-state index in [1.54, 1.807) is 17.0 Å². The third-order valence-corrected chi connectivity index (χ3v) is 6.11. The molecule has 0 unspecified atom stereocenters. The molecule has 2 aromatic rings. The van der Waals surface area contributed by atoms with Crippen LogP contribution < -0.4 is 5.32 Å². The number of halogens is 1. The van der Waals surface area contributed by atoms with Gasteiger partial charge in [0, 0.05) is 30.3 Å². The molecule has 0 saturated carbocycles. The standard InChI is InChI=1S/C17H18BrN3O3S/c18-15-3-1-2-13(10-15)11-19-16-5-4-14(12-20-16)17(22)21-6-8-25(23,24)9-7-21/h1-5,10,12H,6-9,11H2,(H,19,20). The highest BCUT2D eigenvalue weighted by Crippen LogP contribution is 2.14. The van der Waals surface area contributed by atoms with Crippen molar-refractivity contribution in [1.82, 2.24) is 9.88 Å². The maximum absolute atomic E-state index is 12.4. The summed E-state index contributed by atoms with van der Waals surface area (Å²) in [4.78, 5) is 18.2. The van der Waals surface area contributed by atoms with Crippen LogP contribution in [-0.2, 0) is 16.4 Å². The Bertz CT molecular complexity index is 855. The number of nitrogens with zero attached hydrogens (tertiary/aromatic N) is 2. The van der Waals surface area contributed by atoms with Gasteiger partial charge in [0.2, 0.25) is 0 Å². The molecule has 1 aromatic carbocycles. The average molecular weight is 424 g/mol. The SMILES string of the molecule is O=C(c1ccc(NCc2cccc(Br)c2)nc1)N1CCS(=O)(=O)CC1. The van der Waals surface area contributed by atoms with Gasteiger partial charge in [-0.3, -0.25) is 4.79 Å². The highest BCUT2D eigenvalue weighted by molar-refractivity contribution is 9.10. The number of aromatic nitrogens is 1. The first-order valence-corrected chi connectivity index (χ1v) is 10.5. The van der Waals surface area contributed by atoms with E-state index in [2.05, 4.69) is 26.2 Å². The van der Waals surface area contributed by atoms with E-state index >= 15 is 0 Å². The zero-order valence-electron chi connectivity index (χ0n) is 13.5. The number of carbonyl (C=O) groups excluding carboxylic acids is 1. The maximum Gasteiger partial charge on any atom is 0.255 e. The Kier molecular flexibility index (Phi) is 5.39. The second kappa shape index (κ2) is 7.53. The minimum absolute atomic E-state index is 0.0262. The van der Waals surface area contributed by atoms with Gasteiger partial charge in [-0.15, -0.1) is 0 Å². The quantitative estimate of drug-likeness (QED) is 0.815. The van der Waals surface area contributed by atoms with E-state index in [0.29, 0.717) is 17.9 Å². The van der Waals surface area contributed by atoms with Crippen molar-refractivity contribution < 1.29 is 13.2 Å². The molecule has 1 amide bonds. The lowest BCUT2D eigenvalue weighted by Crippen LogP contribution is -2.43. The molecule has 0 spiro atoms. The number of hydrogen-bond acceptors (Lipinski definition) is 5. The first kappa shape index (κ1) is 17.9. The van der Waals surface area contributed by atoms with Gasteiger partial charge in [0.05, 0.1) is 17.1 Å². The minimum atomic E-state index is -3.00. The van der Waals surface area contributed by atoms with Gasteiger partial charge in [-0.05, 0) is 29.8 Å². The monoisotopic (exact) mass is 423 g/mol. The van der Waals surface area contributed by atoms with Crippen molar-refractivity contribution in [2.24, 2.45) is 0 Å². The Hall–Kier alpha value is -1.93. The molecule has 8 heteroatoms. The molecule has 1 aliphatic heterocycles. The number of rotatable bonds is 4. The number of hydrogen-bond donors (Lipinski definition) is 1. The van der Waals surface area contributed by atoms with Crippen LogP contribution in [0, 0.1) is 0 Å². The number of nitrogens with one attached hydrogen (secondary N) is 1. The van der Waals surface area contributed by atoms with Crippen LogP contribution in [0.3, 0.4) is 0 Å². The molecule has 1 saturated heterocycles. The van der Waals surface area contributed by atoms with Crippen molar-refractivity contribution in [2.45, 2.75) is 6.54 Å². The number of sulfone groups is 1. The zero-order valence-corrected chi connectivity index (χ0v) is 15.9. The third-order valence-electron chi connectivity index (χ3n) is 4.00. The fourth-order valence-corrected chi connectivity index (χ4v) is 4.21. The van der Waals surface area contributed by atoms with Crippen molar-refractivity contribution in [3.05, 3.63) is 58.2 Å². The molecule has 0 atom stereocenters. The Morgan fingerprint density at radius 3 is 2.60 bits per heavy atom. The second-order valence-corrected chi connectivity index (χ2v) is 9.08. The predicted octanol–water partition coefficient (Wildman–Crippen LogP) is 2.33. The summed E-state index contributed by atoms with van der Waals surface area (Å²) in [6.45, 7) is 1.11. The van der Waals surface area contributed by atoms with Crippen molar-refractivity contribution >= 4 is 37.5 Å². The van der Waals surface area contributed by atoms with Crippen molar-refractivity contribution in [1.29, 1.82) is 0 Å². The van der Waals surface area contributed by atoms with Crippen LogP contribution in [-0.4, -0.2) is 48.8 Å². The van der Waals surface area contributed by atoms with E-state index in [1.807, 2.05) is 24.3 Å². The number of benzene rings is 1. The normalized spacial score (nSPS) is 16.4. The summed E-state index contributed by atoms with van der Waals surface area (Å²) in [7, 11) is -3.00. The molecular weight excluding hydrogens is 406 g/mol. The predicted molar refractivity (Wildman–Crippen MR) is 100 cm³/mol. The molecule has 1 N–H and O–H groups in total. The van der Waals surface area contributed by atoms with Gasteiger partial charge >= 0.3 is 0 Å². The number of carbonyl (C=O) groups is 1. The molecule has 0 radical (unpaired) electrons. The molecule has 1 fully saturated rings. The topological polar surface area (TPSA) is 79.4 Å². The van der Waals surface area contributed by atoms with Gasteiger partial charge in [-0.1, -0.05) is 28.1 Å². The molecule has 0 aliphatic carbocycles. The van der Waals surface area contributed by atoms with E-state index in [4.69, 9.17) is 0 Å². The Balaban J connectivity index is 1.59. The lowest BCUT2D eigenvalue weighted by Gasteiger charge is -2.26. The Labute approximate surface area is 155 Å². The molecule has 2 heterocycles. The molecule has 3 rings (SSSR count). The summed E-state index contributed by atoms with van der Waals surface area (Å²) in [6.07, 6.45) is 1.52. The van der Waals surface area contributed by atoms with Crippen LogP contribution in [0.1, 0.15) is 15.9 Å². The van der Waals surface area contributed by atoms with E-state index in [1.165, 1.54) is 6.20 Å². The van der Waals surface area contributed by atoms with Gasteiger partial charge in [0.15, 0.2) is 9.84 Å². The molecule has 6 nitrogen and oxygen atoms in total. The van der Waals surface area contributed by atoms with E-state index in [0.717, 1.165) is 10.0 Å². The summed E-state index contributed by atoms with van der Waals surface area (Å²) >= 11 is 3.44. The van der Waals surface area contributed by atoms with E-state index < -0.39 is 9.84 Å². The first-order valence-electron chi connectivity index (χ1n) is 7.87. The largest absolute Gasteiger partial charge is 0.366 e. The number of anilines is 1. The average Bonchev–Trinajstić information content (AvgIpc) is 2.60. The van der Waals surface area contributed by atoms with Crippen LogP contribution in [0.5, 0.6) is 0 Å². The number of pyridine rings is 1. The molecule has 1 aliphatic rings. The summed E-state index contributed by atoms with van der Waals surface area (Å²) in [5.41, 5.74) is 1.58. The van der Waals surface area contributed by atoms with Gasteiger partial charge in [0.1, 0.15) is 5.82 Å². The lowest BCUT2D eigenvalue weighted by atomic mass is 10.2. The Morgan fingerprint density at radius 2 is 1.96 bits per heavy atom. The van der Waals surface area contributed by atoms with Crippen molar-refractivity contribution in [2.75, 3.05) is 29.9 Å². The van der Waals surface area contributed by atoms with Crippen molar-refractivity contribution in [3.63, 3.8) is 0 Å². The van der Waals surface area contributed by atoms with Crippen LogP contribution in [0.25, 0.3) is 0 Å². The lowest BCUT2D eigenvalue weighted by molar-refractivity contribution is 0.0770. The van der Waals surface area contributed by atoms with Gasteiger partial charge in [-0.2, -0.15) is 0 Å². The first-order chi connectivity index (χ1) is 11.9. The van der Waals surface area contributed by atoms with Crippen molar-refractivity contribution in [3.8, 4) is 0 Å². The highest BCUT2D eigenvalue weighted by atomic mass is 79.9. The maximum atomic E-state index is 12.4. The summed E-state index contributed by atoms with van der Waals surface area (Å²) in [6, 6.07) is 11.4. The molecular formula is C17H18BrN3O3S. The second-order valence-electron chi connectivity index (χ2n) is 5.86. The summed E-state index contributed by atoms with van der Waals surface area (Å²) in [5.74, 6) is 0.551. The fraction of sp³-hybridized carbons (Fsp3) is 0.294. The van der Waals surface area contributed by atoms with Gasteiger partial charge in [0.25, 0.3) is 5.91 Å². The van der Waals surface area contributed by atoms with Crippen LogP contribution in [0.2, 0.25) is 0 Å². The number of amides is 1. The molecule has 1 aromatic heterocycles. The van der Waals surface area contributed by atoms with Gasteiger partial charge < -0.3 is 10.2 Å². The highest BCUT2D eigenvalue weighted by Gasteiger charge is 2.25. The molecule has 0 bridgehead atoms. The summed E-state index contributed by atoms with van der Waals surface area (Å²) in [5, 5.41) is 3.21. The zero-order chi connectivity index (χ0) is 17.9. The van der Waals surface area contributed by atoms with E-state index in [-0.39, 0.29) is 30.5 Å². The molecule has 132 valence electrons. The van der Waals surface area contributed by atoms with Crippen LogP contribution in [0.4, 0.5) is 5.82 Å². The fourth-order valence-electron chi connectivity index (χ4n) is 2.56. The Morgan fingerprint density at radius 1 is 1.20 bits per heavy atom. The van der Waals surface area contributed by atoms with Gasteiger partial charge in [-0.25, -0.2) is 13.4 Å². The van der Waals surface area contributed by atoms with Crippen LogP contribution >= 0.6 is 15.9 Å². The smallest absolute Gasteiger partial charge is 0.255 e. The minimum Gasteiger partial charge on any atom is -0.366 e. The molecule has 25 heavy (non-hydrogen) atoms. The third kappa shape index (κ3) is 4.79. The van der Waals surface area contributed by atoms with Crippen LogP contribution in [0.15, 0.2) is 47.1 Å². The summed E-state index contributed by atoms with van der Waals surface area (Å²) < 4.78 is 23.9.